The third-order valence-corrected chi connectivity index (χ3v) is 5.93. The number of hydrogen-bond acceptors (Lipinski definition) is 3. The third kappa shape index (κ3) is 4.16. The molecule has 0 aromatic heterocycles. The van der Waals surface area contributed by atoms with Crippen LogP contribution >= 0.6 is 7.60 Å². The minimum absolute atomic E-state index is 0.162. The Bertz CT molecular complexity index is 929. The summed E-state index contributed by atoms with van der Waals surface area (Å²) < 4.78 is 11.5. The summed E-state index contributed by atoms with van der Waals surface area (Å²) in [4.78, 5) is 20.8. The molecule has 0 saturated heterocycles. The van der Waals surface area contributed by atoms with Gasteiger partial charge in [0.1, 0.15) is 5.75 Å². The van der Waals surface area contributed by atoms with E-state index in [-0.39, 0.29) is 11.9 Å². The number of allylic oxidation sites excluding steroid dienone is 3. The van der Waals surface area contributed by atoms with Gasteiger partial charge in [-0.05, 0) is 48.7 Å². The lowest BCUT2D eigenvalue weighted by atomic mass is 9.79. The Hall–Kier alpha value is -2.33. The Morgan fingerprint density at radius 3 is 2.44 bits per heavy atom. The predicted molar refractivity (Wildman–Crippen MR) is 109 cm³/mol. The molecule has 142 valence electrons. The van der Waals surface area contributed by atoms with Gasteiger partial charge in [0.15, 0.2) is 0 Å². The number of fused-ring (bicyclic) bond motifs is 1. The largest absolute Gasteiger partial charge is 0.508 e. The normalized spacial score (nSPS) is 21.2. The zero-order valence-electron chi connectivity index (χ0n) is 15.4. The first kappa shape index (κ1) is 19.4. The molecule has 1 heterocycles. The molecule has 0 fully saturated rings. The van der Waals surface area contributed by atoms with E-state index in [4.69, 9.17) is 0 Å². The number of phenolic OH excluding ortho intramolecular Hbond substituents is 1. The number of benzene rings is 2. The highest BCUT2D eigenvalue weighted by molar-refractivity contribution is 7.51. The fourth-order valence-electron chi connectivity index (χ4n) is 3.63. The standard InChI is InChI=1S/C21H24NO4P/c1-21(14-15-27(24,25)26)18-7-3-4-8-19(18)22(2)20(21)9-5-6-16-10-12-17(23)13-11-16/h3-13,23H,14-15H2,1-2H3,(H2,24,25,26)/b6-5+,20-9-. The van der Waals surface area contributed by atoms with Gasteiger partial charge in [0.2, 0.25) is 0 Å². The summed E-state index contributed by atoms with van der Waals surface area (Å²) >= 11 is 0. The highest BCUT2D eigenvalue weighted by Crippen LogP contribution is 2.51. The number of rotatable bonds is 5. The van der Waals surface area contributed by atoms with Crippen molar-refractivity contribution in [3.63, 3.8) is 0 Å². The van der Waals surface area contributed by atoms with Crippen LogP contribution in [-0.2, 0) is 9.98 Å². The van der Waals surface area contributed by atoms with Gasteiger partial charge in [-0.3, -0.25) is 4.57 Å². The van der Waals surface area contributed by atoms with E-state index < -0.39 is 13.0 Å². The van der Waals surface area contributed by atoms with E-state index in [0.29, 0.717) is 6.42 Å². The summed E-state index contributed by atoms with van der Waals surface area (Å²) in [5, 5.41) is 9.38. The lowest BCUT2D eigenvalue weighted by Gasteiger charge is -2.28. The first-order valence-corrected chi connectivity index (χ1v) is 10.6. The van der Waals surface area contributed by atoms with Crippen molar-refractivity contribution in [3.8, 4) is 5.75 Å². The number of phenols is 1. The van der Waals surface area contributed by atoms with Gasteiger partial charge in [0.05, 0.1) is 6.16 Å². The molecule has 0 amide bonds. The van der Waals surface area contributed by atoms with Crippen LogP contribution in [0.25, 0.3) is 6.08 Å². The highest BCUT2D eigenvalue weighted by Gasteiger charge is 2.42. The number of anilines is 1. The van der Waals surface area contributed by atoms with Crippen molar-refractivity contribution >= 4 is 19.4 Å². The van der Waals surface area contributed by atoms with Gasteiger partial charge >= 0.3 is 7.60 Å². The summed E-state index contributed by atoms with van der Waals surface area (Å²) in [6.45, 7) is 2.03. The molecule has 3 rings (SSSR count). The molecule has 0 bridgehead atoms. The first-order valence-electron chi connectivity index (χ1n) is 8.76. The number of hydrogen-bond donors (Lipinski definition) is 3. The maximum absolute atomic E-state index is 11.5. The van der Waals surface area contributed by atoms with Crippen LogP contribution in [0.4, 0.5) is 5.69 Å². The molecule has 6 heteroatoms. The van der Waals surface area contributed by atoms with E-state index in [9.17, 15) is 19.5 Å². The van der Waals surface area contributed by atoms with Gasteiger partial charge in [0, 0.05) is 23.8 Å². The Balaban J connectivity index is 1.96. The van der Waals surface area contributed by atoms with Gasteiger partial charge in [-0.25, -0.2) is 0 Å². The zero-order chi connectivity index (χ0) is 19.7. The van der Waals surface area contributed by atoms with E-state index >= 15 is 0 Å². The fraction of sp³-hybridized carbons (Fsp3) is 0.238. The maximum Gasteiger partial charge on any atom is 0.325 e. The summed E-state index contributed by atoms with van der Waals surface area (Å²) in [7, 11) is -2.11. The van der Waals surface area contributed by atoms with Crippen molar-refractivity contribution in [2.24, 2.45) is 0 Å². The first-order chi connectivity index (χ1) is 12.7. The predicted octanol–water partition coefficient (Wildman–Crippen LogP) is 4.26. The van der Waals surface area contributed by atoms with Crippen molar-refractivity contribution in [1.29, 1.82) is 0 Å². The Morgan fingerprint density at radius 1 is 1.11 bits per heavy atom. The van der Waals surface area contributed by atoms with E-state index in [1.807, 2.05) is 68.6 Å². The number of nitrogens with zero attached hydrogens (tertiary/aromatic N) is 1. The van der Waals surface area contributed by atoms with Crippen molar-refractivity contribution in [2.75, 3.05) is 18.1 Å². The minimum atomic E-state index is -4.08. The second-order valence-electron chi connectivity index (χ2n) is 7.05. The molecule has 0 spiro atoms. The second kappa shape index (κ2) is 7.35. The van der Waals surface area contributed by atoms with E-state index in [2.05, 4.69) is 4.90 Å². The molecule has 27 heavy (non-hydrogen) atoms. The molecule has 1 atom stereocenters. The molecule has 1 aliphatic heterocycles. The molecule has 5 nitrogen and oxygen atoms in total. The van der Waals surface area contributed by atoms with E-state index in [1.54, 1.807) is 12.1 Å². The van der Waals surface area contributed by atoms with Gasteiger partial charge in [-0.2, -0.15) is 0 Å². The van der Waals surface area contributed by atoms with Crippen molar-refractivity contribution < 1.29 is 19.5 Å². The maximum atomic E-state index is 11.5. The highest BCUT2D eigenvalue weighted by atomic mass is 31.2. The smallest absolute Gasteiger partial charge is 0.325 e. The molecule has 2 aromatic carbocycles. The van der Waals surface area contributed by atoms with Gasteiger partial charge in [-0.15, -0.1) is 0 Å². The average Bonchev–Trinajstić information content (AvgIpc) is 2.84. The zero-order valence-corrected chi connectivity index (χ0v) is 16.3. The Kier molecular flexibility index (Phi) is 5.29. The summed E-state index contributed by atoms with van der Waals surface area (Å²) in [5.41, 5.74) is 3.60. The van der Waals surface area contributed by atoms with Crippen LogP contribution < -0.4 is 4.90 Å². The van der Waals surface area contributed by atoms with Crippen LogP contribution in [-0.4, -0.2) is 28.1 Å². The molecule has 2 aromatic rings. The SMILES string of the molecule is CN1/C(=C\C=C\c2ccc(O)cc2)C(C)(CCP(=O)(O)O)c2ccccc21. The number of aromatic hydroxyl groups is 1. The lowest BCUT2D eigenvalue weighted by molar-refractivity contribution is 0.365. The average molecular weight is 385 g/mol. The van der Waals surface area contributed by atoms with Crippen molar-refractivity contribution in [2.45, 2.75) is 18.8 Å². The molecular weight excluding hydrogens is 361 g/mol. The summed E-state index contributed by atoms with van der Waals surface area (Å²) in [5.74, 6) is 0.224. The monoisotopic (exact) mass is 385 g/mol. The molecule has 1 unspecified atom stereocenters. The molecular formula is C21H24NO4P. The van der Waals surface area contributed by atoms with E-state index in [0.717, 1.165) is 22.5 Å². The topological polar surface area (TPSA) is 81.0 Å². The third-order valence-electron chi connectivity index (χ3n) is 5.13. The van der Waals surface area contributed by atoms with E-state index in [1.165, 1.54) is 0 Å². The molecule has 1 aliphatic rings. The van der Waals surface area contributed by atoms with Crippen molar-refractivity contribution in [1.82, 2.24) is 0 Å². The second-order valence-corrected chi connectivity index (χ2v) is 8.83. The van der Waals surface area contributed by atoms with Gasteiger partial charge in [-0.1, -0.05) is 42.5 Å². The summed E-state index contributed by atoms with van der Waals surface area (Å²) in [6.07, 6.45) is 6.06. The Morgan fingerprint density at radius 2 is 1.78 bits per heavy atom. The fourth-order valence-corrected chi connectivity index (χ4v) is 4.37. The van der Waals surface area contributed by atoms with Crippen LogP contribution in [0, 0.1) is 0 Å². The van der Waals surface area contributed by atoms with Crippen LogP contribution in [0.1, 0.15) is 24.5 Å². The molecule has 0 radical (unpaired) electrons. The Labute approximate surface area is 159 Å². The molecule has 0 saturated carbocycles. The summed E-state index contributed by atoms with van der Waals surface area (Å²) in [6, 6.07) is 14.9. The molecule has 0 aliphatic carbocycles. The van der Waals surface area contributed by atoms with Crippen LogP contribution in [0.2, 0.25) is 0 Å². The number of likely N-dealkylation sites (N-methyl/N-ethyl adjacent to an activating group) is 1. The molecule has 3 N–H and O–H groups in total. The van der Waals surface area contributed by atoms with Crippen LogP contribution in [0.15, 0.2) is 66.4 Å². The quantitative estimate of drug-likeness (QED) is 0.670. The minimum Gasteiger partial charge on any atom is -0.508 e. The van der Waals surface area contributed by atoms with Crippen molar-refractivity contribution in [3.05, 3.63) is 77.5 Å². The number of para-hydroxylation sites is 1. The van der Waals surface area contributed by atoms with Gasteiger partial charge in [0.25, 0.3) is 0 Å². The van der Waals surface area contributed by atoms with Crippen LogP contribution in [0.5, 0.6) is 5.75 Å². The van der Waals surface area contributed by atoms with Gasteiger partial charge < -0.3 is 19.8 Å². The van der Waals surface area contributed by atoms with Crippen LogP contribution in [0.3, 0.4) is 0 Å². The lowest BCUT2D eigenvalue weighted by Crippen LogP contribution is -2.27.